The van der Waals surface area contributed by atoms with Crippen LogP contribution in [0.3, 0.4) is 0 Å². The topological polar surface area (TPSA) is 145 Å². The number of carbonyl (C=O) groups is 2. The first-order valence-electron chi connectivity index (χ1n) is 10.8. The van der Waals surface area contributed by atoms with E-state index in [4.69, 9.17) is 10.7 Å². The fraction of sp³-hybridized carbons (Fsp3) is 0.476. The molecule has 2 aliphatic rings. The van der Waals surface area contributed by atoms with Gasteiger partial charge in [-0.25, -0.2) is 24.9 Å². The van der Waals surface area contributed by atoms with Crippen LogP contribution in [0.1, 0.15) is 32.0 Å². The third-order valence-corrected chi connectivity index (χ3v) is 6.07. The first-order chi connectivity index (χ1) is 15.5. The maximum absolute atomic E-state index is 12.6. The molecule has 3 N–H and O–H groups in total. The Bertz CT molecular complexity index is 1190. The number of nitrogens with one attached hydrogen (secondary N) is 1. The van der Waals surface area contributed by atoms with Crippen molar-refractivity contribution in [3.05, 3.63) is 24.5 Å². The van der Waals surface area contributed by atoms with Crippen LogP contribution in [0.4, 0.5) is 5.82 Å². The number of hydrogen-bond acceptors (Lipinski definition) is 8. The van der Waals surface area contributed by atoms with E-state index in [1.807, 2.05) is 18.4 Å². The Balaban J connectivity index is 1.46. The predicted molar refractivity (Wildman–Crippen MR) is 116 cm³/mol. The summed E-state index contributed by atoms with van der Waals surface area (Å²) in [6.07, 6.45) is 7.17. The second kappa shape index (κ2) is 7.81. The van der Waals surface area contributed by atoms with Crippen LogP contribution >= 0.6 is 0 Å². The van der Waals surface area contributed by atoms with Gasteiger partial charge in [-0.15, -0.1) is 0 Å². The highest BCUT2D eigenvalue weighted by atomic mass is 16.2. The van der Waals surface area contributed by atoms with Crippen LogP contribution in [-0.2, 0) is 16.1 Å². The number of imidazole rings is 1. The third kappa shape index (κ3) is 3.53. The number of fused-ring (bicyclic) bond motifs is 1. The van der Waals surface area contributed by atoms with Gasteiger partial charge in [0.15, 0.2) is 17.0 Å². The van der Waals surface area contributed by atoms with Crippen LogP contribution in [0.15, 0.2) is 18.7 Å². The fourth-order valence-corrected chi connectivity index (χ4v) is 4.28. The number of primary amides is 1. The number of rotatable bonds is 6. The van der Waals surface area contributed by atoms with E-state index < -0.39 is 11.9 Å². The fourth-order valence-electron chi connectivity index (χ4n) is 4.28. The zero-order valence-electron chi connectivity index (χ0n) is 18.0. The molecule has 2 fully saturated rings. The van der Waals surface area contributed by atoms with Gasteiger partial charge in [0, 0.05) is 37.4 Å². The minimum absolute atomic E-state index is 0.0165. The third-order valence-electron chi connectivity index (χ3n) is 6.07. The number of amides is 2. The van der Waals surface area contributed by atoms with Gasteiger partial charge < -0.3 is 20.5 Å². The van der Waals surface area contributed by atoms with E-state index in [1.165, 1.54) is 6.33 Å². The van der Waals surface area contributed by atoms with Crippen molar-refractivity contribution in [2.75, 3.05) is 11.9 Å². The summed E-state index contributed by atoms with van der Waals surface area (Å²) in [5, 5.41) is 3.38. The smallest absolute Gasteiger partial charge is 0.240 e. The van der Waals surface area contributed by atoms with Gasteiger partial charge in [-0.2, -0.15) is 0 Å². The summed E-state index contributed by atoms with van der Waals surface area (Å²) in [6.45, 7) is 4.91. The second-order valence-electron chi connectivity index (χ2n) is 8.35. The molecule has 3 aromatic heterocycles. The number of hydrogen-bond donors (Lipinski definition) is 2. The molecule has 1 unspecified atom stereocenters. The van der Waals surface area contributed by atoms with Crippen molar-refractivity contribution < 1.29 is 9.59 Å². The highest BCUT2D eigenvalue weighted by Crippen LogP contribution is 2.34. The first-order valence-corrected chi connectivity index (χ1v) is 10.8. The van der Waals surface area contributed by atoms with Gasteiger partial charge in [-0.3, -0.25) is 9.59 Å². The lowest BCUT2D eigenvalue weighted by molar-refractivity contribution is -0.138. The standard InChI is InChI=1S/C21H25N9O2/c1-3-29-19(13-7-23-11(2)24-8-13)28-16-18(25-10-26-20(16)29)27-14-6-15(17(22)31)30(9-14)21(32)12-4-5-12/h7-8,10,12,14-15H,3-6,9H2,1-2H3,(H2,22,31)(H,25,26,27)/t14?,15-/m0/s1. The van der Waals surface area contributed by atoms with E-state index in [2.05, 4.69) is 25.3 Å². The summed E-state index contributed by atoms with van der Waals surface area (Å²) in [6, 6.07) is -0.766. The predicted octanol–water partition coefficient (Wildman–Crippen LogP) is 0.888. The number of aromatic nitrogens is 6. The second-order valence-corrected chi connectivity index (χ2v) is 8.35. The van der Waals surface area contributed by atoms with E-state index in [1.54, 1.807) is 17.3 Å². The van der Waals surface area contributed by atoms with E-state index in [0.717, 1.165) is 18.4 Å². The van der Waals surface area contributed by atoms with Crippen molar-refractivity contribution in [3.63, 3.8) is 0 Å². The van der Waals surface area contributed by atoms with Gasteiger partial charge in [-0.05, 0) is 33.1 Å². The number of likely N-dealkylation sites (tertiary alicyclic amines) is 1. The van der Waals surface area contributed by atoms with E-state index in [9.17, 15) is 9.59 Å². The summed E-state index contributed by atoms with van der Waals surface area (Å²) in [4.78, 5) is 48.4. The maximum Gasteiger partial charge on any atom is 0.240 e. The first kappa shape index (κ1) is 20.3. The Kier molecular flexibility index (Phi) is 4.95. The van der Waals surface area contributed by atoms with Crippen molar-refractivity contribution in [1.82, 2.24) is 34.4 Å². The molecule has 3 aromatic rings. The van der Waals surface area contributed by atoms with Crippen LogP contribution in [0.25, 0.3) is 22.6 Å². The molecule has 1 aliphatic carbocycles. The van der Waals surface area contributed by atoms with Gasteiger partial charge in [-0.1, -0.05) is 0 Å². The molecule has 1 saturated heterocycles. The Morgan fingerprint density at radius 3 is 2.59 bits per heavy atom. The SMILES string of the molecule is CCn1c(-c2cnc(C)nc2)nc2c(NC3C[C@@H](C(N)=O)N(C(=O)C4CC4)C3)ncnc21. The van der Waals surface area contributed by atoms with Gasteiger partial charge in [0.25, 0.3) is 0 Å². The summed E-state index contributed by atoms with van der Waals surface area (Å²) < 4.78 is 1.99. The molecular weight excluding hydrogens is 410 g/mol. The summed E-state index contributed by atoms with van der Waals surface area (Å²) in [7, 11) is 0. The summed E-state index contributed by atoms with van der Waals surface area (Å²) in [5.41, 5.74) is 7.69. The van der Waals surface area contributed by atoms with E-state index >= 15 is 0 Å². The van der Waals surface area contributed by atoms with Crippen LogP contribution in [-0.4, -0.2) is 64.8 Å². The van der Waals surface area contributed by atoms with Crippen LogP contribution in [0, 0.1) is 12.8 Å². The molecule has 32 heavy (non-hydrogen) atoms. The Morgan fingerprint density at radius 1 is 1.19 bits per heavy atom. The van der Waals surface area contributed by atoms with Gasteiger partial charge in [0.2, 0.25) is 11.8 Å². The molecule has 0 aromatic carbocycles. The average Bonchev–Trinajstić information content (AvgIpc) is 3.43. The lowest BCUT2D eigenvalue weighted by Crippen LogP contribution is -2.44. The molecule has 2 amide bonds. The molecular formula is C21H25N9O2. The number of carbonyl (C=O) groups excluding carboxylic acids is 2. The number of aryl methyl sites for hydroxylation is 2. The Hall–Kier alpha value is -3.63. The van der Waals surface area contributed by atoms with Crippen molar-refractivity contribution in [3.8, 4) is 11.4 Å². The minimum Gasteiger partial charge on any atom is -0.368 e. The molecule has 2 atom stereocenters. The summed E-state index contributed by atoms with van der Waals surface area (Å²) in [5.74, 6) is 1.52. The van der Waals surface area contributed by atoms with Gasteiger partial charge in [0.1, 0.15) is 24.0 Å². The van der Waals surface area contributed by atoms with Crippen LogP contribution in [0.2, 0.25) is 0 Å². The molecule has 1 aliphatic heterocycles. The van der Waals surface area contributed by atoms with Gasteiger partial charge >= 0.3 is 0 Å². The number of nitrogens with two attached hydrogens (primary N) is 1. The molecule has 11 heteroatoms. The van der Waals surface area contributed by atoms with Crippen LogP contribution in [0.5, 0.6) is 0 Å². The molecule has 166 valence electrons. The van der Waals surface area contributed by atoms with E-state index in [-0.39, 0.29) is 17.9 Å². The van der Waals surface area contributed by atoms with Gasteiger partial charge in [0.05, 0.1) is 5.56 Å². The zero-order chi connectivity index (χ0) is 22.4. The Labute approximate surface area is 184 Å². The largest absolute Gasteiger partial charge is 0.368 e. The molecule has 0 bridgehead atoms. The molecule has 11 nitrogen and oxygen atoms in total. The van der Waals surface area contributed by atoms with Crippen molar-refractivity contribution in [1.29, 1.82) is 0 Å². The maximum atomic E-state index is 12.6. The zero-order valence-corrected chi connectivity index (χ0v) is 18.0. The molecule has 1 saturated carbocycles. The lowest BCUT2D eigenvalue weighted by atomic mass is 10.1. The molecule has 5 rings (SSSR count). The molecule has 4 heterocycles. The lowest BCUT2D eigenvalue weighted by Gasteiger charge is -2.21. The highest BCUT2D eigenvalue weighted by molar-refractivity contribution is 5.90. The average molecular weight is 435 g/mol. The number of anilines is 1. The van der Waals surface area contributed by atoms with E-state index in [0.29, 0.717) is 48.1 Å². The minimum atomic E-state index is -0.605. The number of nitrogens with zero attached hydrogens (tertiary/aromatic N) is 7. The van der Waals surface area contributed by atoms with Crippen molar-refractivity contribution >= 4 is 28.8 Å². The van der Waals surface area contributed by atoms with Crippen molar-refractivity contribution in [2.45, 2.75) is 51.7 Å². The quantitative estimate of drug-likeness (QED) is 0.581. The Morgan fingerprint density at radius 2 is 1.94 bits per heavy atom. The normalized spacial score (nSPS) is 20.6. The monoisotopic (exact) mass is 435 g/mol. The van der Waals surface area contributed by atoms with Crippen molar-refractivity contribution in [2.24, 2.45) is 11.7 Å². The molecule has 0 radical (unpaired) electrons. The molecule has 0 spiro atoms. The highest BCUT2D eigenvalue weighted by Gasteiger charge is 2.43. The summed E-state index contributed by atoms with van der Waals surface area (Å²) >= 11 is 0. The van der Waals surface area contributed by atoms with Crippen LogP contribution < -0.4 is 11.1 Å².